The number of rotatable bonds is 0. The van der Waals surface area contributed by atoms with Crippen LogP contribution in [0.5, 0.6) is 0 Å². The lowest BCUT2D eigenvalue weighted by molar-refractivity contribution is 0.0962. The first kappa shape index (κ1) is 8.81. The smallest absolute Gasteiger partial charge is 0.222 e. The van der Waals surface area contributed by atoms with Crippen LogP contribution < -0.4 is 0 Å². The molecule has 2 nitrogen and oxygen atoms in total. The Labute approximate surface area is 80.0 Å². The molecule has 0 radical (unpaired) electrons. The van der Waals surface area contributed by atoms with Crippen molar-refractivity contribution >= 4 is 11.6 Å². The maximum atomic E-state index is 13.0. The fourth-order valence-electron chi connectivity index (χ4n) is 1.55. The normalized spacial score (nSPS) is 15.1. The molecule has 1 aliphatic carbocycles. The summed E-state index contributed by atoms with van der Waals surface area (Å²) in [6.07, 6.45) is 0.740. The van der Waals surface area contributed by atoms with Gasteiger partial charge in [0.25, 0.3) is 0 Å². The third-order valence-electron chi connectivity index (χ3n) is 2.24. The highest BCUT2D eigenvalue weighted by Crippen LogP contribution is 2.24. The lowest BCUT2D eigenvalue weighted by Gasteiger charge is -2.12. The van der Waals surface area contributed by atoms with Crippen molar-refractivity contribution in [3.8, 4) is 0 Å². The quantitative estimate of drug-likeness (QED) is 0.628. The predicted molar refractivity (Wildman–Crippen MR) is 49.0 cm³/mol. The van der Waals surface area contributed by atoms with E-state index < -0.39 is 17.4 Å². The van der Waals surface area contributed by atoms with E-state index in [9.17, 15) is 14.0 Å². The van der Waals surface area contributed by atoms with Crippen molar-refractivity contribution in [3.63, 3.8) is 0 Å². The number of carbonyl (C=O) groups is 2. The summed E-state index contributed by atoms with van der Waals surface area (Å²) in [4.78, 5) is 22.7. The van der Waals surface area contributed by atoms with Crippen molar-refractivity contribution in [1.29, 1.82) is 0 Å². The molecule has 1 aliphatic rings. The van der Waals surface area contributed by atoms with Crippen LogP contribution in [0.1, 0.15) is 26.3 Å². The molecule has 0 saturated carbocycles. The van der Waals surface area contributed by atoms with E-state index >= 15 is 0 Å². The lowest BCUT2D eigenvalue weighted by Crippen LogP contribution is -2.16. The summed E-state index contributed by atoms with van der Waals surface area (Å²) in [5, 5.41) is 0. The van der Waals surface area contributed by atoms with Gasteiger partial charge in [-0.15, -0.1) is 0 Å². The highest BCUT2D eigenvalue weighted by Gasteiger charge is 2.26. The summed E-state index contributed by atoms with van der Waals surface area (Å²) in [5.41, 5.74) is 1.11. The Morgan fingerprint density at radius 2 is 1.93 bits per heavy atom. The average Bonchev–Trinajstić information content (AvgIpc) is 2.14. The van der Waals surface area contributed by atoms with Crippen molar-refractivity contribution in [1.82, 2.24) is 0 Å². The number of carbonyl (C=O) groups excluding carboxylic acids is 2. The van der Waals surface area contributed by atoms with Crippen LogP contribution in [-0.2, 0) is 0 Å². The minimum absolute atomic E-state index is 0.192. The van der Waals surface area contributed by atoms with E-state index in [1.165, 1.54) is 6.07 Å². The highest BCUT2D eigenvalue weighted by atomic mass is 19.1. The molecule has 0 aromatic heterocycles. The summed E-state index contributed by atoms with van der Waals surface area (Å²) in [6, 6.07) is 4.89. The maximum absolute atomic E-state index is 13.0. The molecule has 1 aromatic carbocycles. The number of benzene rings is 1. The van der Waals surface area contributed by atoms with E-state index in [0.29, 0.717) is 5.56 Å². The molecule has 0 N–H and O–H groups in total. The molecule has 0 spiro atoms. The van der Waals surface area contributed by atoms with Gasteiger partial charge in [0.05, 0.1) is 0 Å². The molecule has 0 bridgehead atoms. The van der Waals surface area contributed by atoms with Crippen LogP contribution in [0.3, 0.4) is 0 Å². The van der Waals surface area contributed by atoms with Crippen molar-refractivity contribution in [3.05, 3.63) is 46.8 Å². The maximum Gasteiger partial charge on any atom is 0.222 e. The molecule has 2 rings (SSSR count). The van der Waals surface area contributed by atoms with Crippen molar-refractivity contribution in [2.75, 3.05) is 0 Å². The number of halogens is 1. The minimum atomic E-state index is -0.975. The Balaban J connectivity index is 2.76. The molecule has 0 saturated heterocycles. The monoisotopic (exact) mass is 190 g/mol. The second kappa shape index (κ2) is 2.87. The molecule has 70 valence electrons. The summed E-state index contributed by atoms with van der Waals surface area (Å²) in [5.74, 6) is -2.12. The van der Waals surface area contributed by atoms with Crippen LogP contribution in [0, 0.1) is 6.92 Å². The Hall–Kier alpha value is -1.77. The molecule has 3 heteroatoms. The number of ketones is 2. The van der Waals surface area contributed by atoms with Gasteiger partial charge in [-0.1, -0.05) is 18.2 Å². The number of fused-ring (bicyclic) bond motifs is 1. The van der Waals surface area contributed by atoms with Crippen LogP contribution in [0.15, 0.2) is 30.1 Å². The van der Waals surface area contributed by atoms with Crippen LogP contribution in [0.2, 0.25) is 0 Å². The van der Waals surface area contributed by atoms with Gasteiger partial charge in [0, 0.05) is 17.2 Å². The first-order chi connectivity index (χ1) is 6.61. The zero-order valence-electron chi connectivity index (χ0n) is 7.50. The van der Waals surface area contributed by atoms with Crippen molar-refractivity contribution in [2.24, 2.45) is 0 Å². The fraction of sp³-hybridized carbons (Fsp3) is 0.0909. The number of aryl methyl sites for hydroxylation is 1. The first-order valence-electron chi connectivity index (χ1n) is 4.17. The van der Waals surface area contributed by atoms with Gasteiger partial charge in [-0.25, -0.2) is 4.39 Å². The average molecular weight is 190 g/mol. The van der Waals surface area contributed by atoms with Gasteiger partial charge in [0.1, 0.15) is 0 Å². The molecular weight excluding hydrogens is 183 g/mol. The minimum Gasteiger partial charge on any atom is -0.289 e. The lowest BCUT2D eigenvalue weighted by atomic mass is 9.91. The van der Waals surface area contributed by atoms with E-state index in [4.69, 9.17) is 0 Å². The second-order valence-electron chi connectivity index (χ2n) is 3.18. The summed E-state index contributed by atoms with van der Waals surface area (Å²) in [7, 11) is 0. The van der Waals surface area contributed by atoms with Gasteiger partial charge in [-0.2, -0.15) is 0 Å². The van der Waals surface area contributed by atoms with Gasteiger partial charge < -0.3 is 0 Å². The SMILES string of the molecule is Cc1cccc2c1C(=O)C(F)=CC2=O. The summed E-state index contributed by atoms with van der Waals surface area (Å²) >= 11 is 0. The molecule has 0 atom stereocenters. The molecule has 14 heavy (non-hydrogen) atoms. The van der Waals surface area contributed by atoms with E-state index in [1.54, 1.807) is 19.1 Å². The van der Waals surface area contributed by atoms with Gasteiger partial charge in [-0.05, 0) is 12.5 Å². The van der Waals surface area contributed by atoms with Crippen LogP contribution >= 0.6 is 0 Å². The molecule has 1 aromatic rings. The Morgan fingerprint density at radius 1 is 1.21 bits per heavy atom. The van der Waals surface area contributed by atoms with E-state index in [-0.39, 0.29) is 11.1 Å². The van der Waals surface area contributed by atoms with Crippen LogP contribution in [0.4, 0.5) is 4.39 Å². The second-order valence-corrected chi connectivity index (χ2v) is 3.18. The Bertz CT molecular complexity index is 472. The molecule has 0 unspecified atom stereocenters. The number of hydrogen-bond acceptors (Lipinski definition) is 2. The largest absolute Gasteiger partial charge is 0.289 e. The van der Waals surface area contributed by atoms with E-state index in [2.05, 4.69) is 0 Å². The van der Waals surface area contributed by atoms with Crippen LogP contribution in [-0.4, -0.2) is 11.6 Å². The standard InChI is InChI=1S/C11H7FO2/c1-6-3-2-4-7-9(13)5-8(12)11(14)10(6)7/h2-5H,1H3. The van der Waals surface area contributed by atoms with Crippen LogP contribution in [0.25, 0.3) is 0 Å². The summed E-state index contributed by atoms with van der Waals surface area (Å²) in [6.45, 7) is 1.68. The van der Waals surface area contributed by atoms with Crippen molar-refractivity contribution in [2.45, 2.75) is 6.92 Å². The Kier molecular flexibility index (Phi) is 1.81. The van der Waals surface area contributed by atoms with Crippen molar-refractivity contribution < 1.29 is 14.0 Å². The number of allylic oxidation sites excluding steroid dienone is 2. The Morgan fingerprint density at radius 3 is 2.64 bits per heavy atom. The van der Waals surface area contributed by atoms with E-state index in [1.807, 2.05) is 0 Å². The summed E-state index contributed by atoms with van der Waals surface area (Å²) < 4.78 is 13.0. The predicted octanol–water partition coefficient (Wildman–Crippen LogP) is 2.23. The third-order valence-corrected chi connectivity index (χ3v) is 2.24. The zero-order chi connectivity index (χ0) is 10.3. The molecular formula is C11H7FO2. The molecule has 0 heterocycles. The molecule has 0 amide bonds. The highest BCUT2D eigenvalue weighted by molar-refractivity contribution is 6.24. The number of Topliss-reactive ketones (excluding diaryl/α,β-unsaturated/α-hetero) is 1. The van der Waals surface area contributed by atoms with Gasteiger partial charge in [0.15, 0.2) is 11.6 Å². The van der Waals surface area contributed by atoms with Gasteiger partial charge in [0.2, 0.25) is 5.78 Å². The fourth-order valence-corrected chi connectivity index (χ4v) is 1.55. The molecule has 0 aliphatic heterocycles. The van der Waals surface area contributed by atoms with E-state index in [0.717, 1.165) is 6.08 Å². The first-order valence-corrected chi connectivity index (χ1v) is 4.17. The number of hydrogen-bond donors (Lipinski definition) is 0. The topological polar surface area (TPSA) is 34.1 Å². The zero-order valence-corrected chi connectivity index (χ0v) is 7.50. The van der Waals surface area contributed by atoms with Gasteiger partial charge in [-0.3, -0.25) is 9.59 Å². The van der Waals surface area contributed by atoms with Gasteiger partial charge >= 0.3 is 0 Å². The molecule has 0 fully saturated rings. The third kappa shape index (κ3) is 1.09.